The molecule has 3 nitrogen and oxygen atoms in total. The van der Waals surface area contributed by atoms with Gasteiger partial charge in [-0.1, -0.05) is 22.0 Å². The second-order valence-electron chi connectivity index (χ2n) is 4.02. The third kappa shape index (κ3) is 3.60. The molecule has 0 saturated heterocycles. The summed E-state index contributed by atoms with van der Waals surface area (Å²) in [5.74, 6) is 0.962. The van der Waals surface area contributed by atoms with Crippen molar-refractivity contribution in [3.8, 4) is 0 Å². The molecule has 1 aromatic carbocycles. The summed E-state index contributed by atoms with van der Waals surface area (Å²) in [5.41, 5.74) is 1.09. The molecular weight excluding hydrogens is 310 g/mol. The zero-order chi connectivity index (χ0) is 13.0. The van der Waals surface area contributed by atoms with Crippen molar-refractivity contribution in [2.75, 3.05) is 12.8 Å². The highest BCUT2D eigenvalue weighted by molar-refractivity contribution is 9.10. The van der Waals surface area contributed by atoms with E-state index in [1.807, 2.05) is 42.8 Å². The van der Waals surface area contributed by atoms with E-state index in [9.17, 15) is 0 Å². The maximum Gasteiger partial charge on any atom is 0.0802 e. The fraction of sp³-hybridized carbons (Fsp3) is 0.308. The molecule has 0 aliphatic rings. The molecule has 0 amide bonds. The summed E-state index contributed by atoms with van der Waals surface area (Å²) in [4.78, 5) is 1.26. The van der Waals surface area contributed by atoms with Gasteiger partial charge in [-0.05, 0) is 31.3 Å². The summed E-state index contributed by atoms with van der Waals surface area (Å²) in [7, 11) is 3.92. The van der Waals surface area contributed by atoms with Crippen LogP contribution in [0, 0.1) is 0 Å². The van der Waals surface area contributed by atoms with Gasteiger partial charge in [0, 0.05) is 28.4 Å². The molecule has 96 valence electrons. The first kappa shape index (κ1) is 13.6. The minimum absolute atomic E-state index is 0.273. The molecule has 1 atom stereocenters. The summed E-state index contributed by atoms with van der Waals surface area (Å²) in [6.07, 6.45) is 1.98. The fourth-order valence-corrected chi connectivity index (χ4v) is 3.30. The van der Waals surface area contributed by atoms with Gasteiger partial charge in [0.2, 0.25) is 0 Å². The fourth-order valence-electron chi connectivity index (χ4n) is 1.67. The quantitative estimate of drug-likeness (QED) is 0.856. The number of hydrogen-bond acceptors (Lipinski definition) is 3. The third-order valence-electron chi connectivity index (χ3n) is 2.65. The Bertz CT molecular complexity index is 512. The van der Waals surface area contributed by atoms with Gasteiger partial charge in [0.15, 0.2) is 0 Å². The molecule has 0 radical (unpaired) electrons. The summed E-state index contributed by atoms with van der Waals surface area (Å²) >= 11 is 5.32. The van der Waals surface area contributed by atoms with Crippen LogP contribution < -0.4 is 5.32 Å². The van der Waals surface area contributed by atoms with Crippen molar-refractivity contribution < 1.29 is 0 Å². The lowest BCUT2D eigenvalue weighted by atomic mass is 10.2. The highest BCUT2D eigenvalue weighted by Crippen LogP contribution is 2.26. The van der Waals surface area contributed by atoms with Crippen LogP contribution in [-0.4, -0.2) is 22.6 Å². The van der Waals surface area contributed by atoms with Gasteiger partial charge in [-0.2, -0.15) is 5.10 Å². The van der Waals surface area contributed by atoms with Gasteiger partial charge in [-0.15, -0.1) is 11.8 Å². The molecule has 2 aromatic rings. The number of nitrogens with one attached hydrogen (secondary N) is 1. The van der Waals surface area contributed by atoms with Crippen LogP contribution in [0.25, 0.3) is 0 Å². The number of benzene rings is 1. The topological polar surface area (TPSA) is 29.9 Å². The van der Waals surface area contributed by atoms with Crippen LogP contribution >= 0.6 is 27.7 Å². The van der Waals surface area contributed by atoms with Crippen molar-refractivity contribution >= 4 is 27.7 Å². The number of halogens is 1. The van der Waals surface area contributed by atoms with Crippen molar-refractivity contribution in [3.05, 3.63) is 46.7 Å². The van der Waals surface area contributed by atoms with E-state index in [1.54, 1.807) is 0 Å². The lowest BCUT2D eigenvalue weighted by Crippen LogP contribution is -2.19. The van der Waals surface area contributed by atoms with Gasteiger partial charge in [-0.3, -0.25) is 4.68 Å². The van der Waals surface area contributed by atoms with Gasteiger partial charge < -0.3 is 5.32 Å². The lowest BCUT2D eigenvalue weighted by molar-refractivity contribution is 0.619. The lowest BCUT2D eigenvalue weighted by Gasteiger charge is -2.13. The molecule has 1 heterocycles. The van der Waals surface area contributed by atoms with E-state index in [0.717, 1.165) is 15.9 Å². The van der Waals surface area contributed by atoms with E-state index >= 15 is 0 Å². The molecule has 1 unspecified atom stereocenters. The standard InChI is InChI=1S/C13H16BrN3S/c1-15-13(12-6-7-17(2)16-12)9-18-11-5-3-4-10(14)8-11/h3-8,13,15H,9H2,1-2H3. The maximum absolute atomic E-state index is 4.44. The molecule has 0 spiro atoms. The first-order valence-electron chi connectivity index (χ1n) is 5.74. The average Bonchev–Trinajstić information content (AvgIpc) is 2.77. The number of thioether (sulfide) groups is 1. The van der Waals surface area contributed by atoms with Gasteiger partial charge in [-0.25, -0.2) is 0 Å². The monoisotopic (exact) mass is 325 g/mol. The molecular formula is C13H16BrN3S. The van der Waals surface area contributed by atoms with Crippen LogP contribution in [0.3, 0.4) is 0 Å². The van der Waals surface area contributed by atoms with Crippen molar-refractivity contribution in [1.82, 2.24) is 15.1 Å². The highest BCUT2D eigenvalue weighted by Gasteiger charge is 2.12. The average molecular weight is 326 g/mol. The SMILES string of the molecule is CNC(CSc1cccc(Br)c1)c1ccn(C)n1. The molecule has 0 aliphatic carbocycles. The van der Waals surface area contributed by atoms with Crippen molar-refractivity contribution in [1.29, 1.82) is 0 Å². The Balaban J connectivity index is 1.99. The number of rotatable bonds is 5. The van der Waals surface area contributed by atoms with Crippen molar-refractivity contribution in [2.24, 2.45) is 7.05 Å². The summed E-state index contributed by atoms with van der Waals surface area (Å²) in [6, 6.07) is 10.7. The Labute approximate surface area is 120 Å². The molecule has 2 rings (SSSR count). The first-order valence-corrected chi connectivity index (χ1v) is 7.52. The largest absolute Gasteiger partial charge is 0.311 e. The number of nitrogens with zero attached hydrogens (tertiary/aromatic N) is 2. The van der Waals surface area contributed by atoms with E-state index in [2.05, 4.69) is 50.6 Å². The Morgan fingerprint density at radius 3 is 2.89 bits per heavy atom. The number of aromatic nitrogens is 2. The molecule has 0 saturated carbocycles. The number of aryl methyl sites for hydroxylation is 1. The van der Waals surface area contributed by atoms with Crippen molar-refractivity contribution in [3.63, 3.8) is 0 Å². The van der Waals surface area contributed by atoms with Gasteiger partial charge in [0.05, 0.1) is 11.7 Å². The van der Waals surface area contributed by atoms with Crippen LogP contribution in [0.4, 0.5) is 0 Å². The van der Waals surface area contributed by atoms with E-state index in [4.69, 9.17) is 0 Å². The minimum Gasteiger partial charge on any atom is -0.311 e. The van der Waals surface area contributed by atoms with E-state index < -0.39 is 0 Å². The van der Waals surface area contributed by atoms with Crippen LogP contribution in [0.5, 0.6) is 0 Å². The molecule has 1 N–H and O–H groups in total. The predicted octanol–water partition coefficient (Wildman–Crippen LogP) is 3.24. The normalized spacial score (nSPS) is 12.6. The van der Waals surface area contributed by atoms with Crippen molar-refractivity contribution in [2.45, 2.75) is 10.9 Å². The Kier molecular flexibility index (Phi) is 4.86. The first-order chi connectivity index (χ1) is 8.69. The van der Waals surface area contributed by atoms with E-state index in [-0.39, 0.29) is 6.04 Å². The molecule has 18 heavy (non-hydrogen) atoms. The Morgan fingerprint density at radius 2 is 2.28 bits per heavy atom. The van der Waals surface area contributed by atoms with Gasteiger partial charge in [0.1, 0.15) is 0 Å². The second-order valence-corrected chi connectivity index (χ2v) is 6.03. The smallest absolute Gasteiger partial charge is 0.0802 e. The van der Waals surface area contributed by atoms with E-state index in [0.29, 0.717) is 0 Å². The second kappa shape index (κ2) is 6.41. The van der Waals surface area contributed by atoms with E-state index in [1.165, 1.54) is 4.90 Å². The molecule has 0 fully saturated rings. The highest BCUT2D eigenvalue weighted by atomic mass is 79.9. The Hall–Kier alpha value is -0.780. The summed E-state index contributed by atoms with van der Waals surface area (Å²) < 4.78 is 2.95. The molecule has 0 aliphatic heterocycles. The van der Waals surface area contributed by atoms with Crippen LogP contribution in [-0.2, 0) is 7.05 Å². The minimum atomic E-state index is 0.273. The van der Waals surface area contributed by atoms with Crippen LogP contribution in [0.15, 0.2) is 45.9 Å². The number of hydrogen-bond donors (Lipinski definition) is 1. The summed E-state index contributed by atoms with van der Waals surface area (Å²) in [6.45, 7) is 0. The third-order valence-corrected chi connectivity index (χ3v) is 4.23. The zero-order valence-corrected chi connectivity index (χ0v) is 12.8. The zero-order valence-electron chi connectivity index (χ0n) is 10.4. The van der Waals surface area contributed by atoms with Crippen LogP contribution in [0.1, 0.15) is 11.7 Å². The predicted molar refractivity (Wildman–Crippen MR) is 79.9 cm³/mol. The maximum atomic E-state index is 4.44. The molecule has 1 aromatic heterocycles. The van der Waals surface area contributed by atoms with Gasteiger partial charge >= 0.3 is 0 Å². The summed E-state index contributed by atoms with van der Waals surface area (Å²) in [5, 5.41) is 7.75. The molecule has 0 bridgehead atoms. The van der Waals surface area contributed by atoms with Crippen LogP contribution in [0.2, 0.25) is 0 Å². The molecule has 5 heteroatoms. The Morgan fingerprint density at radius 1 is 1.44 bits per heavy atom. The van der Waals surface area contributed by atoms with Gasteiger partial charge in [0.25, 0.3) is 0 Å².